The molecule has 2 aliphatic rings. The van der Waals surface area contributed by atoms with E-state index in [4.69, 9.17) is 14.2 Å². The van der Waals surface area contributed by atoms with E-state index in [1.807, 2.05) is 24.3 Å². The number of pyridine rings is 1. The number of carbonyl (C=O) groups excluding carboxylic acids is 1. The molecule has 0 aliphatic carbocycles. The molecule has 2 aliphatic heterocycles. The number of anilines is 1. The SMILES string of the molecule is COC(=O)c1cccnc1N1CCCN(CC2COc3ccccc3O2)CC1. The van der Waals surface area contributed by atoms with Gasteiger partial charge in [0.15, 0.2) is 11.5 Å². The van der Waals surface area contributed by atoms with Crippen LogP contribution in [0, 0.1) is 0 Å². The number of hydrogen-bond acceptors (Lipinski definition) is 7. The van der Waals surface area contributed by atoms with Gasteiger partial charge in [-0.15, -0.1) is 0 Å². The summed E-state index contributed by atoms with van der Waals surface area (Å²) in [5, 5.41) is 0. The Labute approximate surface area is 164 Å². The van der Waals surface area contributed by atoms with Crippen molar-refractivity contribution in [2.24, 2.45) is 0 Å². The Bertz CT molecular complexity index is 829. The first-order valence-corrected chi connectivity index (χ1v) is 9.63. The summed E-state index contributed by atoms with van der Waals surface area (Å²) < 4.78 is 16.8. The summed E-state index contributed by atoms with van der Waals surface area (Å²) >= 11 is 0. The number of nitrogens with zero attached hydrogens (tertiary/aromatic N) is 3. The normalized spacial score (nSPS) is 19.8. The van der Waals surface area contributed by atoms with Crippen LogP contribution < -0.4 is 14.4 Å². The molecule has 0 amide bonds. The molecule has 1 aromatic carbocycles. The lowest BCUT2D eigenvalue weighted by atomic mass is 10.2. The van der Waals surface area contributed by atoms with Gasteiger partial charge in [-0.25, -0.2) is 9.78 Å². The zero-order valence-corrected chi connectivity index (χ0v) is 16.0. The number of para-hydroxylation sites is 2. The third-order valence-corrected chi connectivity index (χ3v) is 5.11. The van der Waals surface area contributed by atoms with Crippen molar-refractivity contribution in [3.63, 3.8) is 0 Å². The summed E-state index contributed by atoms with van der Waals surface area (Å²) in [4.78, 5) is 21.1. The Morgan fingerprint density at radius 2 is 2.00 bits per heavy atom. The molecule has 148 valence electrons. The van der Waals surface area contributed by atoms with Gasteiger partial charge in [0.25, 0.3) is 0 Å². The largest absolute Gasteiger partial charge is 0.486 e. The predicted molar refractivity (Wildman–Crippen MR) is 105 cm³/mol. The maximum atomic E-state index is 12.1. The maximum absolute atomic E-state index is 12.1. The number of hydrogen-bond donors (Lipinski definition) is 0. The molecule has 0 spiro atoms. The second-order valence-corrected chi connectivity index (χ2v) is 7.00. The fraction of sp³-hybridized carbons (Fsp3) is 0.429. The Morgan fingerprint density at radius 3 is 2.86 bits per heavy atom. The molecule has 3 heterocycles. The summed E-state index contributed by atoms with van der Waals surface area (Å²) in [6, 6.07) is 11.3. The first-order valence-electron chi connectivity index (χ1n) is 9.63. The van der Waals surface area contributed by atoms with Gasteiger partial charge in [0.1, 0.15) is 24.1 Å². The molecule has 0 N–H and O–H groups in total. The van der Waals surface area contributed by atoms with Crippen molar-refractivity contribution in [2.45, 2.75) is 12.5 Å². The third kappa shape index (κ3) is 4.04. The lowest BCUT2D eigenvalue weighted by molar-refractivity contribution is 0.0601. The van der Waals surface area contributed by atoms with Crippen LogP contribution in [0.15, 0.2) is 42.6 Å². The second-order valence-electron chi connectivity index (χ2n) is 7.00. The fourth-order valence-corrected chi connectivity index (χ4v) is 3.72. The lowest BCUT2D eigenvalue weighted by Crippen LogP contribution is -2.42. The Hall–Kier alpha value is -2.80. The summed E-state index contributed by atoms with van der Waals surface area (Å²) in [5.74, 6) is 1.97. The molecule has 0 radical (unpaired) electrons. The number of esters is 1. The average molecular weight is 383 g/mol. The molecular weight excluding hydrogens is 358 g/mol. The average Bonchev–Trinajstić information content (AvgIpc) is 2.98. The Morgan fingerprint density at radius 1 is 1.14 bits per heavy atom. The molecule has 1 aromatic heterocycles. The molecule has 2 aromatic rings. The van der Waals surface area contributed by atoms with Gasteiger partial charge in [0.05, 0.1) is 7.11 Å². The van der Waals surface area contributed by atoms with Crippen LogP contribution in [-0.4, -0.2) is 68.4 Å². The molecule has 28 heavy (non-hydrogen) atoms. The van der Waals surface area contributed by atoms with Crippen LogP contribution in [0.2, 0.25) is 0 Å². The molecule has 4 rings (SSSR count). The zero-order chi connectivity index (χ0) is 19.3. The van der Waals surface area contributed by atoms with Crippen LogP contribution in [-0.2, 0) is 4.74 Å². The fourth-order valence-electron chi connectivity index (χ4n) is 3.72. The van der Waals surface area contributed by atoms with Crippen molar-refractivity contribution in [1.29, 1.82) is 0 Å². The molecule has 1 atom stereocenters. The Balaban J connectivity index is 1.38. The van der Waals surface area contributed by atoms with E-state index in [9.17, 15) is 4.79 Å². The minimum Gasteiger partial charge on any atom is -0.486 e. The van der Waals surface area contributed by atoms with Crippen molar-refractivity contribution >= 4 is 11.8 Å². The smallest absolute Gasteiger partial charge is 0.341 e. The van der Waals surface area contributed by atoms with Gasteiger partial charge >= 0.3 is 5.97 Å². The maximum Gasteiger partial charge on any atom is 0.341 e. The van der Waals surface area contributed by atoms with E-state index in [1.54, 1.807) is 18.3 Å². The van der Waals surface area contributed by atoms with Crippen LogP contribution in [0.3, 0.4) is 0 Å². The van der Waals surface area contributed by atoms with Crippen LogP contribution in [0.25, 0.3) is 0 Å². The van der Waals surface area contributed by atoms with Gasteiger partial charge in [-0.3, -0.25) is 4.90 Å². The number of ether oxygens (including phenoxy) is 3. The number of methoxy groups -OCH3 is 1. The number of carbonyl (C=O) groups is 1. The Kier molecular flexibility index (Phi) is 5.62. The van der Waals surface area contributed by atoms with Crippen molar-refractivity contribution in [3.05, 3.63) is 48.2 Å². The minimum absolute atomic E-state index is 0.0157. The second kappa shape index (κ2) is 8.48. The molecule has 0 bridgehead atoms. The highest BCUT2D eigenvalue weighted by Gasteiger charge is 2.26. The highest BCUT2D eigenvalue weighted by atomic mass is 16.6. The van der Waals surface area contributed by atoms with E-state index in [0.29, 0.717) is 18.0 Å². The molecule has 7 nitrogen and oxygen atoms in total. The van der Waals surface area contributed by atoms with Gasteiger partial charge in [-0.05, 0) is 30.7 Å². The summed E-state index contributed by atoms with van der Waals surface area (Å²) in [5.41, 5.74) is 0.513. The zero-order valence-electron chi connectivity index (χ0n) is 16.0. The van der Waals surface area contributed by atoms with E-state index in [2.05, 4.69) is 14.8 Å². The summed E-state index contributed by atoms with van der Waals surface area (Å²) in [6.07, 6.45) is 2.72. The first-order chi connectivity index (χ1) is 13.7. The van der Waals surface area contributed by atoms with E-state index in [1.165, 1.54) is 7.11 Å². The number of fused-ring (bicyclic) bond motifs is 1. The van der Waals surface area contributed by atoms with Crippen LogP contribution >= 0.6 is 0 Å². The van der Waals surface area contributed by atoms with E-state index >= 15 is 0 Å². The van der Waals surface area contributed by atoms with Gasteiger partial charge in [-0.1, -0.05) is 12.1 Å². The minimum atomic E-state index is -0.351. The highest BCUT2D eigenvalue weighted by molar-refractivity contribution is 5.94. The monoisotopic (exact) mass is 383 g/mol. The van der Waals surface area contributed by atoms with Crippen LogP contribution in [0.1, 0.15) is 16.8 Å². The number of rotatable bonds is 4. The van der Waals surface area contributed by atoms with Crippen LogP contribution in [0.5, 0.6) is 11.5 Å². The summed E-state index contributed by atoms with van der Waals surface area (Å²) in [7, 11) is 1.40. The van der Waals surface area contributed by atoms with Gasteiger partial charge in [-0.2, -0.15) is 0 Å². The lowest BCUT2D eigenvalue weighted by Gasteiger charge is -2.30. The highest BCUT2D eigenvalue weighted by Crippen LogP contribution is 2.31. The van der Waals surface area contributed by atoms with Gasteiger partial charge in [0, 0.05) is 38.9 Å². The molecule has 1 saturated heterocycles. The predicted octanol–water partition coefficient (Wildman–Crippen LogP) is 2.22. The van der Waals surface area contributed by atoms with Crippen molar-refractivity contribution < 1.29 is 19.0 Å². The van der Waals surface area contributed by atoms with Crippen molar-refractivity contribution in [1.82, 2.24) is 9.88 Å². The quantitative estimate of drug-likeness (QED) is 0.750. The molecule has 1 fully saturated rings. The van der Waals surface area contributed by atoms with Crippen LogP contribution in [0.4, 0.5) is 5.82 Å². The number of benzene rings is 1. The summed E-state index contributed by atoms with van der Waals surface area (Å²) in [6.45, 7) is 4.86. The molecule has 7 heteroatoms. The standard InChI is InChI=1S/C21H25N3O4/c1-26-21(25)17-6-4-9-22-20(17)24-11-5-10-23(12-13-24)14-16-15-27-18-7-2-3-8-19(18)28-16/h2-4,6-9,16H,5,10-15H2,1H3. The molecule has 1 unspecified atom stereocenters. The third-order valence-electron chi connectivity index (χ3n) is 5.11. The number of aromatic nitrogens is 1. The first kappa shape index (κ1) is 18.6. The van der Waals surface area contributed by atoms with Crippen molar-refractivity contribution in [3.8, 4) is 11.5 Å². The van der Waals surface area contributed by atoms with Gasteiger partial charge < -0.3 is 19.1 Å². The van der Waals surface area contributed by atoms with E-state index in [0.717, 1.165) is 50.6 Å². The van der Waals surface area contributed by atoms with Gasteiger partial charge in [0.2, 0.25) is 0 Å². The molecular formula is C21H25N3O4. The van der Waals surface area contributed by atoms with E-state index in [-0.39, 0.29) is 12.1 Å². The van der Waals surface area contributed by atoms with E-state index < -0.39 is 0 Å². The van der Waals surface area contributed by atoms with Crippen molar-refractivity contribution in [2.75, 3.05) is 51.3 Å². The topological polar surface area (TPSA) is 64.1 Å². The molecule has 0 saturated carbocycles.